The summed E-state index contributed by atoms with van der Waals surface area (Å²) in [5.41, 5.74) is 0. The van der Waals surface area contributed by atoms with E-state index in [0.717, 1.165) is 32.4 Å². The van der Waals surface area contributed by atoms with Crippen molar-refractivity contribution in [2.24, 2.45) is 0 Å². The predicted molar refractivity (Wildman–Crippen MR) is 60.2 cm³/mol. The van der Waals surface area contributed by atoms with Gasteiger partial charge in [-0.1, -0.05) is 6.92 Å². The summed E-state index contributed by atoms with van der Waals surface area (Å²) in [5, 5.41) is 8.64. The van der Waals surface area contributed by atoms with Gasteiger partial charge in [-0.25, -0.2) is 0 Å². The molecule has 1 aliphatic rings. The molecule has 0 aromatic heterocycles. The van der Waals surface area contributed by atoms with E-state index in [9.17, 15) is 9.59 Å². The lowest BCUT2D eigenvalue weighted by molar-refractivity contribution is -0.145. The van der Waals surface area contributed by atoms with Gasteiger partial charge in [0, 0.05) is 7.05 Å². The zero-order valence-electron chi connectivity index (χ0n) is 9.98. The molecule has 0 radical (unpaired) electrons. The van der Waals surface area contributed by atoms with Gasteiger partial charge in [-0.3, -0.25) is 14.5 Å². The van der Waals surface area contributed by atoms with Crippen LogP contribution in [0.1, 0.15) is 26.2 Å². The van der Waals surface area contributed by atoms with E-state index in [4.69, 9.17) is 5.11 Å². The molecule has 1 aliphatic heterocycles. The Balaban J connectivity index is 2.54. The van der Waals surface area contributed by atoms with E-state index in [2.05, 4.69) is 11.8 Å². The minimum absolute atomic E-state index is 0.0617. The molecule has 1 unspecified atom stereocenters. The Labute approximate surface area is 96.0 Å². The van der Waals surface area contributed by atoms with Gasteiger partial charge < -0.3 is 10.0 Å². The van der Waals surface area contributed by atoms with Crippen LogP contribution in [-0.4, -0.2) is 59.5 Å². The quantitative estimate of drug-likeness (QED) is 0.740. The fraction of sp³-hybridized carbons (Fsp3) is 0.818. The number of hydrogen-bond donors (Lipinski definition) is 1. The highest BCUT2D eigenvalue weighted by Crippen LogP contribution is 2.18. The van der Waals surface area contributed by atoms with Crippen LogP contribution in [0.5, 0.6) is 0 Å². The van der Waals surface area contributed by atoms with Gasteiger partial charge in [-0.15, -0.1) is 0 Å². The van der Waals surface area contributed by atoms with Gasteiger partial charge in [-0.05, 0) is 32.4 Å². The largest absolute Gasteiger partial charge is 0.480 e. The van der Waals surface area contributed by atoms with E-state index >= 15 is 0 Å². The van der Waals surface area contributed by atoms with Crippen LogP contribution in [0.3, 0.4) is 0 Å². The average Bonchev–Trinajstić information content (AvgIpc) is 2.64. The Kier molecular flexibility index (Phi) is 4.73. The highest BCUT2D eigenvalue weighted by molar-refractivity contribution is 5.85. The number of amides is 1. The molecule has 0 bridgehead atoms. The third kappa shape index (κ3) is 3.20. The second-order valence-corrected chi connectivity index (χ2v) is 4.28. The number of carboxylic acid groups (broad SMARTS) is 1. The molecule has 0 aromatic carbocycles. The average molecular weight is 228 g/mol. The van der Waals surface area contributed by atoms with Crippen LogP contribution in [0.25, 0.3) is 0 Å². The lowest BCUT2D eigenvalue weighted by atomic mass is 10.2. The molecule has 92 valence electrons. The molecular weight excluding hydrogens is 208 g/mol. The first-order chi connectivity index (χ1) is 7.56. The maximum Gasteiger partial charge on any atom is 0.323 e. The molecule has 1 heterocycles. The number of likely N-dealkylation sites (N-methyl/N-ethyl adjacent to an activating group) is 1. The van der Waals surface area contributed by atoms with E-state index < -0.39 is 5.97 Å². The fourth-order valence-electron chi connectivity index (χ4n) is 2.20. The van der Waals surface area contributed by atoms with Crippen molar-refractivity contribution in [1.29, 1.82) is 0 Å². The molecule has 5 nitrogen and oxygen atoms in total. The van der Waals surface area contributed by atoms with Crippen LogP contribution >= 0.6 is 0 Å². The Morgan fingerprint density at radius 1 is 1.50 bits per heavy atom. The zero-order valence-corrected chi connectivity index (χ0v) is 9.98. The number of hydrogen-bond acceptors (Lipinski definition) is 3. The highest BCUT2D eigenvalue weighted by atomic mass is 16.4. The van der Waals surface area contributed by atoms with Crippen molar-refractivity contribution in [2.75, 3.05) is 26.7 Å². The second-order valence-electron chi connectivity index (χ2n) is 4.28. The van der Waals surface area contributed by atoms with E-state index in [0.29, 0.717) is 0 Å². The smallest absolute Gasteiger partial charge is 0.323 e. The molecule has 1 amide bonds. The minimum atomic E-state index is -0.962. The third-order valence-electron chi connectivity index (χ3n) is 2.91. The van der Waals surface area contributed by atoms with Crippen molar-refractivity contribution < 1.29 is 14.7 Å². The maximum absolute atomic E-state index is 12.0. The van der Waals surface area contributed by atoms with Crippen LogP contribution in [-0.2, 0) is 9.59 Å². The first-order valence-electron chi connectivity index (χ1n) is 5.77. The van der Waals surface area contributed by atoms with Gasteiger partial charge in [0.05, 0.1) is 6.04 Å². The Hall–Kier alpha value is -1.10. The van der Waals surface area contributed by atoms with Crippen LogP contribution in [0.4, 0.5) is 0 Å². The summed E-state index contributed by atoms with van der Waals surface area (Å²) in [6.45, 7) is 3.73. The Morgan fingerprint density at radius 2 is 2.19 bits per heavy atom. The number of carboxylic acids is 1. The van der Waals surface area contributed by atoms with Crippen molar-refractivity contribution in [1.82, 2.24) is 9.80 Å². The molecule has 1 rings (SSSR count). The first kappa shape index (κ1) is 13.0. The van der Waals surface area contributed by atoms with Crippen LogP contribution < -0.4 is 0 Å². The normalized spacial score (nSPS) is 21.0. The van der Waals surface area contributed by atoms with Crippen LogP contribution in [0, 0.1) is 0 Å². The second kappa shape index (κ2) is 5.84. The summed E-state index contributed by atoms with van der Waals surface area (Å²) in [7, 11) is 1.55. The summed E-state index contributed by atoms with van der Waals surface area (Å²) >= 11 is 0. The van der Waals surface area contributed by atoms with Gasteiger partial charge in [-0.2, -0.15) is 0 Å². The molecule has 0 aliphatic carbocycles. The minimum Gasteiger partial charge on any atom is -0.480 e. The summed E-state index contributed by atoms with van der Waals surface area (Å²) in [4.78, 5) is 26.0. The summed E-state index contributed by atoms with van der Waals surface area (Å²) in [6.07, 6.45) is 2.90. The van der Waals surface area contributed by atoms with Crippen LogP contribution in [0.2, 0.25) is 0 Å². The van der Waals surface area contributed by atoms with Gasteiger partial charge >= 0.3 is 5.97 Å². The number of carbonyl (C=O) groups excluding carboxylic acids is 1. The molecule has 0 spiro atoms. The van der Waals surface area contributed by atoms with Crippen molar-refractivity contribution in [3.8, 4) is 0 Å². The monoisotopic (exact) mass is 228 g/mol. The van der Waals surface area contributed by atoms with Crippen molar-refractivity contribution in [3.63, 3.8) is 0 Å². The topological polar surface area (TPSA) is 60.9 Å². The van der Waals surface area contributed by atoms with E-state index in [1.807, 2.05) is 0 Å². The highest BCUT2D eigenvalue weighted by Gasteiger charge is 2.32. The summed E-state index contributed by atoms with van der Waals surface area (Å²) in [6, 6.07) is -0.107. The summed E-state index contributed by atoms with van der Waals surface area (Å²) in [5.74, 6) is -1.02. The van der Waals surface area contributed by atoms with Crippen LogP contribution in [0.15, 0.2) is 0 Å². The fourth-order valence-corrected chi connectivity index (χ4v) is 2.20. The maximum atomic E-state index is 12.0. The molecule has 0 saturated carbocycles. The SMILES string of the molecule is CCCN1CCCC1C(=O)N(C)CC(=O)O. The standard InChI is InChI=1S/C11H20N2O3/c1-3-6-13-7-4-5-9(13)11(16)12(2)8-10(14)15/h9H,3-8H2,1-2H3,(H,14,15). The van der Waals surface area contributed by atoms with Crippen molar-refractivity contribution >= 4 is 11.9 Å². The Morgan fingerprint density at radius 3 is 2.75 bits per heavy atom. The van der Waals surface area contributed by atoms with Gasteiger partial charge in [0.15, 0.2) is 0 Å². The lowest BCUT2D eigenvalue weighted by Gasteiger charge is -2.26. The first-order valence-corrected chi connectivity index (χ1v) is 5.77. The number of rotatable bonds is 5. The third-order valence-corrected chi connectivity index (χ3v) is 2.91. The predicted octanol–water partition coefficient (Wildman–Crippen LogP) is 0.404. The van der Waals surface area contributed by atoms with Gasteiger partial charge in [0.25, 0.3) is 0 Å². The van der Waals surface area contributed by atoms with E-state index in [-0.39, 0.29) is 18.5 Å². The number of aliphatic carboxylic acids is 1. The van der Waals surface area contributed by atoms with E-state index in [1.165, 1.54) is 4.90 Å². The van der Waals surface area contributed by atoms with E-state index in [1.54, 1.807) is 7.05 Å². The molecular formula is C11H20N2O3. The molecule has 0 aromatic rings. The molecule has 16 heavy (non-hydrogen) atoms. The summed E-state index contributed by atoms with van der Waals surface area (Å²) < 4.78 is 0. The lowest BCUT2D eigenvalue weighted by Crippen LogP contribution is -2.45. The zero-order chi connectivity index (χ0) is 12.1. The van der Waals surface area contributed by atoms with Gasteiger partial charge in [0.1, 0.15) is 6.54 Å². The van der Waals surface area contributed by atoms with Crippen molar-refractivity contribution in [2.45, 2.75) is 32.2 Å². The number of nitrogens with zero attached hydrogens (tertiary/aromatic N) is 2. The molecule has 5 heteroatoms. The molecule has 1 atom stereocenters. The number of carbonyl (C=O) groups is 2. The molecule has 1 saturated heterocycles. The van der Waals surface area contributed by atoms with Gasteiger partial charge in [0.2, 0.25) is 5.91 Å². The number of likely N-dealkylation sites (tertiary alicyclic amines) is 1. The molecule has 1 N–H and O–H groups in total. The Bertz CT molecular complexity index is 268. The molecule has 1 fully saturated rings. The van der Waals surface area contributed by atoms with Crippen molar-refractivity contribution in [3.05, 3.63) is 0 Å².